The van der Waals surface area contributed by atoms with Gasteiger partial charge in [-0.3, -0.25) is 4.79 Å². The monoisotopic (exact) mass is 347 g/mol. The van der Waals surface area contributed by atoms with Crippen LogP contribution in [0, 0.1) is 5.41 Å². The smallest absolute Gasteiger partial charge is 0.260 e. The average molecular weight is 348 g/mol. The summed E-state index contributed by atoms with van der Waals surface area (Å²) in [5.74, 6) is 0.134. The molecule has 0 spiro atoms. The van der Waals surface area contributed by atoms with Crippen LogP contribution >= 0.6 is 23.2 Å². The van der Waals surface area contributed by atoms with Crippen LogP contribution in [-0.2, 0) is 4.79 Å². The summed E-state index contributed by atoms with van der Waals surface area (Å²) in [5, 5.41) is 13.0. The van der Waals surface area contributed by atoms with E-state index in [1.807, 2.05) is 13.8 Å². The number of benzene rings is 1. The van der Waals surface area contributed by atoms with Crippen molar-refractivity contribution in [1.29, 1.82) is 0 Å². The van der Waals surface area contributed by atoms with Crippen LogP contribution in [0.4, 0.5) is 0 Å². The molecule has 0 saturated carbocycles. The van der Waals surface area contributed by atoms with Gasteiger partial charge in [0.15, 0.2) is 6.10 Å². The molecule has 124 valence electrons. The minimum Gasteiger partial charge on any atom is -0.479 e. The van der Waals surface area contributed by atoms with E-state index in [4.69, 9.17) is 27.9 Å². The zero-order valence-electron chi connectivity index (χ0n) is 13.3. The quantitative estimate of drug-likeness (QED) is 0.790. The van der Waals surface area contributed by atoms with Crippen LogP contribution in [0.5, 0.6) is 5.75 Å². The first-order valence-corrected chi connectivity index (χ1v) is 7.94. The first-order valence-electron chi connectivity index (χ1n) is 7.19. The van der Waals surface area contributed by atoms with E-state index in [2.05, 4.69) is 5.32 Å². The SMILES string of the molecule is CC(O)CC(C)(C)CNC(=O)C(C)Oc1cccc(Cl)c1Cl. The molecule has 0 heterocycles. The molecule has 0 aliphatic carbocycles. The van der Waals surface area contributed by atoms with E-state index in [0.29, 0.717) is 28.8 Å². The third-order valence-electron chi connectivity index (χ3n) is 3.18. The molecule has 0 bridgehead atoms. The van der Waals surface area contributed by atoms with Gasteiger partial charge in [0, 0.05) is 6.54 Å². The Hall–Kier alpha value is -0.970. The van der Waals surface area contributed by atoms with Crippen LogP contribution in [0.2, 0.25) is 10.0 Å². The summed E-state index contributed by atoms with van der Waals surface area (Å²) in [6.45, 7) is 7.80. The van der Waals surface area contributed by atoms with E-state index in [9.17, 15) is 9.90 Å². The molecule has 4 nitrogen and oxygen atoms in total. The number of ether oxygens (including phenoxy) is 1. The highest BCUT2D eigenvalue weighted by atomic mass is 35.5. The predicted octanol–water partition coefficient (Wildman–Crippen LogP) is 3.67. The molecule has 0 fully saturated rings. The van der Waals surface area contributed by atoms with Crippen LogP contribution in [-0.4, -0.2) is 29.8 Å². The fourth-order valence-corrected chi connectivity index (χ4v) is 2.50. The van der Waals surface area contributed by atoms with Crippen LogP contribution < -0.4 is 10.1 Å². The number of hydrogen-bond acceptors (Lipinski definition) is 3. The number of aliphatic hydroxyl groups excluding tert-OH is 1. The standard InChI is InChI=1S/C16H23Cl2NO3/c1-10(20)8-16(3,4)9-19-15(21)11(2)22-13-7-5-6-12(17)14(13)18/h5-7,10-11,20H,8-9H2,1-4H3,(H,19,21). The van der Waals surface area contributed by atoms with E-state index in [0.717, 1.165) is 0 Å². The molecule has 1 amide bonds. The minimum atomic E-state index is -0.696. The van der Waals surface area contributed by atoms with E-state index in [1.54, 1.807) is 32.0 Å². The molecule has 0 saturated heterocycles. The summed E-state index contributed by atoms with van der Waals surface area (Å²) < 4.78 is 5.56. The highest BCUT2D eigenvalue weighted by Crippen LogP contribution is 2.32. The second-order valence-electron chi connectivity index (χ2n) is 6.25. The Morgan fingerprint density at radius 3 is 2.59 bits per heavy atom. The van der Waals surface area contributed by atoms with Gasteiger partial charge >= 0.3 is 0 Å². The second-order valence-corrected chi connectivity index (χ2v) is 7.03. The van der Waals surface area contributed by atoms with Crippen LogP contribution in [0.3, 0.4) is 0 Å². The fraction of sp³-hybridized carbons (Fsp3) is 0.562. The fourth-order valence-electron chi connectivity index (χ4n) is 2.16. The molecule has 0 aromatic heterocycles. The van der Waals surface area contributed by atoms with Crippen molar-refractivity contribution in [2.75, 3.05) is 6.54 Å². The average Bonchev–Trinajstić information content (AvgIpc) is 2.40. The van der Waals surface area contributed by atoms with E-state index < -0.39 is 12.2 Å². The Labute approximate surface area is 141 Å². The summed E-state index contributed by atoms with van der Waals surface area (Å²) >= 11 is 11.9. The molecule has 1 aromatic carbocycles. The maximum absolute atomic E-state index is 12.1. The summed E-state index contributed by atoms with van der Waals surface area (Å²) in [6, 6.07) is 5.02. The molecule has 1 rings (SSSR count). The summed E-state index contributed by atoms with van der Waals surface area (Å²) in [7, 11) is 0. The zero-order valence-corrected chi connectivity index (χ0v) is 14.8. The van der Waals surface area contributed by atoms with Crippen molar-refractivity contribution in [3.8, 4) is 5.75 Å². The van der Waals surface area contributed by atoms with Crippen molar-refractivity contribution in [1.82, 2.24) is 5.32 Å². The Kier molecular flexibility index (Phi) is 6.98. The van der Waals surface area contributed by atoms with Gasteiger partial charge in [-0.25, -0.2) is 0 Å². The zero-order chi connectivity index (χ0) is 16.9. The number of nitrogens with one attached hydrogen (secondary N) is 1. The number of rotatable bonds is 7. The molecule has 0 radical (unpaired) electrons. The molecular formula is C16H23Cl2NO3. The van der Waals surface area contributed by atoms with Gasteiger partial charge < -0.3 is 15.2 Å². The first kappa shape index (κ1) is 19.1. The second kappa shape index (κ2) is 8.04. The Bertz CT molecular complexity index is 518. The van der Waals surface area contributed by atoms with Crippen molar-refractivity contribution in [3.63, 3.8) is 0 Å². The van der Waals surface area contributed by atoms with Crippen LogP contribution in [0.25, 0.3) is 0 Å². The molecular weight excluding hydrogens is 325 g/mol. The van der Waals surface area contributed by atoms with Gasteiger partial charge in [0.2, 0.25) is 0 Å². The molecule has 22 heavy (non-hydrogen) atoms. The van der Waals surface area contributed by atoms with Gasteiger partial charge in [-0.15, -0.1) is 0 Å². The maximum Gasteiger partial charge on any atom is 0.260 e. The number of amides is 1. The van der Waals surface area contributed by atoms with Gasteiger partial charge in [-0.1, -0.05) is 43.1 Å². The summed E-state index contributed by atoms with van der Waals surface area (Å²) in [6.07, 6.45) is -0.507. The van der Waals surface area contributed by atoms with Gasteiger partial charge in [0.05, 0.1) is 11.1 Å². The van der Waals surface area contributed by atoms with Gasteiger partial charge in [-0.05, 0) is 37.8 Å². The van der Waals surface area contributed by atoms with E-state index in [-0.39, 0.29) is 11.3 Å². The topological polar surface area (TPSA) is 58.6 Å². The van der Waals surface area contributed by atoms with Crippen molar-refractivity contribution < 1.29 is 14.6 Å². The predicted molar refractivity (Wildman–Crippen MR) is 89.6 cm³/mol. The molecule has 2 N–H and O–H groups in total. The third-order valence-corrected chi connectivity index (χ3v) is 3.98. The molecule has 6 heteroatoms. The number of halogens is 2. The summed E-state index contributed by atoms with van der Waals surface area (Å²) in [4.78, 5) is 12.1. The summed E-state index contributed by atoms with van der Waals surface area (Å²) in [5.41, 5.74) is -0.197. The molecule has 0 aliphatic heterocycles. The van der Waals surface area contributed by atoms with Crippen molar-refractivity contribution in [2.45, 2.75) is 46.3 Å². The van der Waals surface area contributed by atoms with Crippen molar-refractivity contribution >= 4 is 29.1 Å². The highest BCUT2D eigenvalue weighted by Gasteiger charge is 2.23. The number of aliphatic hydroxyl groups is 1. The lowest BCUT2D eigenvalue weighted by Crippen LogP contribution is -2.42. The van der Waals surface area contributed by atoms with E-state index in [1.165, 1.54) is 0 Å². The molecule has 0 aliphatic rings. The lowest BCUT2D eigenvalue weighted by Gasteiger charge is -2.27. The van der Waals surface area contributed by atoms with Gasteiger partial charge in [0.25, 0.3) is 5.91 Å². The Balaban J connectivity index is 2.57. The normalized spacial score (nSPS) is 14.3. The third kappa shape index (κ3) is 6.03. The van der Waals surface area contributed by atoms with Crippen molar-refractivity contribution in [2.24, 2.45) is 5.41 Å². The van der Waals surface area contributed by atoms with Crippen LogP contribution in [0.15, 0.2) is 18.2 Å². The first-order chi connectivity index (χ1) is 10.1. The minimum absolute atomic E-state index is 0.197. The molecule has 2 unspecified atom stereocenters. The Morgan fingerprint density at radius 1 is 1.36 bits per heavy atom. The molecule has 2 atom stereocenters. The van der Waals surface area contributed by atoms with Crippen LogP contribution in [0.1, 0.15) is 34.1 Å². The van der Waals surface area contributed by atoms with Crippen molar-refractivity contribution in [3.05, 3.63) is 28.2 Å². The van der Waals surface area contributed by atoms with Gasteiger partial charge in [0.1, 0.15) is 10.8 Å². The van der Waals surface area contributed by atoms with E-state index >= 15 is 0 Å². The lowest BCUT2D eigenvalue weighted by molar-refractivity contribution is -0.127. The maximum atomic E-state index is 12.1. The van der Waals surface area contributed by atoms with Gasteiger partial charge in [-0.2, -0.15) is 0 Å². The Morgan fingerprint density at radius 2 is 2.00 bits per heavy atom. The highest BCUT2D eigenvalue weighted by molar-refractivity contribution is 6.42. The largest absolute Gasteiger partial charge is 0.479 e. The number of carbonyl (C=O) groups is 1. The number of hydrogen-bond donors (Lipinski definition) is 2. The number of carbonyl (C=O) groups excluding carboxylic acids is 1. The lowest BCUT2D eigenvalue weighted by atomic mass is 9.87. The molecule has 1 aromatic rings.